The zero-order valence-corrected chi connectivity index (χ0v) is 47.3. The maximum absolute atomic E-state index is 12.5. The number of ether oxygens (including phenoxy) is 1. The number of nitrogens with one attached hydrogen (secondary N) is 1. The monoisotopic (exact) mass is 986 g/mol. The van der Waals surface area contributed by atoms with Crippen LogP contribution in [-0.2, 0) is 14.3 Å². The van der Waals surface area contributed by atoms with Crippen LogP contribution < -0.4 is 5.32 Å². The number of amides is 1. The largest absolute Gasteiger partial charge is 0.466 e. The lowest BCUT2D eigenvalue weighted by atomic mass is 10.0. The van der Waals surface area contributed by atoms with Crippen molar-refractivity contribution in [3.8, 4) is 0 Å². The number of esters is 1. The van der Waals surface area contributed by atoms with Crippen LogP contribution in [-0.4, -0.2) is 47.4 Å². The summed E-state index contributed by atoms with van der Waals surface area (Å²) in [6.45, 7) is 4.92. The van der Waals surface area contributed by atoms with E-state index in [1.54, 1.807) is 0 Å². The Balaban J connectivity index is 3.42. The molecule has 0 radical (unpaired) electrons. The highest BCUT2D eigenvalue weighted by Gasteiger charge is 2.20. The number of hydrogen-bond donors (Lipinski definition) is 3. The summed E-state index contributed by atoms with van der Waals surface area (Å²) < 4.78 is 5.47. The van der Waals surface area contributed by atoms with Crippen molar-refractivity contribution in [3.05, 3.63) is 24.3 Å². The van der Waals surface area contributed by atoms with E-state index in [4.69, 9.17) is 4.74 Å². The van der Waals surface area contributed by atoms with Crippen molar-refractivity contribution >= 4 is 11.9 Å². The highest BCUT2D eigenvalue weighted by molar-refractivity contribution is 5.76. The molecule has 0 saturated carbocycles. The second-order valence-electron chi connectivity index (χ2n) is 21.7. The quantitative estimate of drug-likeness (QED) is 0.0321. The zero-order chi connectivity index (χ0) is 50.7. The minimum absolute atomic E-state index is 0.00843. The topological polar surface area (TPSA) is 95.9 Å². The molecule has 2 atom stereocenters. The predicted octanol–water partition coefficient (Wildman–Crippen LogP) is 19.8. The molecule has 0 aliphatic rings. The summed E-state index contributed by atoms with van der Waals surface area (Å²) >= 11 is 0. The number of carbonyl (C=O) groups is 2. The molecule has 0 fully saturated rings. The number of unbranched alkanes of at least 4 members (excludes halogenated alkanes) is 44. The molecule has 0 aromatic rings. The Bertz CT molecular complexity index is 1090. The van der Waals surface area contributed by atoms with Crippen LogP contribution in [0.15, 0.2) is 24.3 Å². The molecular formula is C64H123NO5. The van der Waals surface area contributed by atoms with Gasteiger partial charge in [0.25, 0.3) is 0 Å². The van der Waals surface area contributed by atoms with Crippen LogP contribution in [0.3, 0.4) is 0 Å². The van der Waals surface area contributed by atoms with E-state index in [9.17, 15) is 19.8 Å². The van der Waals surface area contributed by atoms with Crippen LogP contribution in [0.25, 0.3) is 0 Å². The van der Waals surface area contributed by atoms with E-state index < -0.39 is 12.1 Å². The normalized spacial score (nSPS) is 12.7. The summed E-state index contributed by atoms with van der Waals surface area (Å²) in [6, 6.07) is -0.547. The van der Waals surface area contributed by atoms with Crippen LogP contribution in [0.5, 0.6) is 0 Å². The fourth-order valence-electron chi connectivity index (χ4n) is 9.89. The average molecular weight is 987 g/mol. The Morgan fingerprint density at radius 1 is 0.400 bits per heavy atom. The van der Waals surface area contributed by atoms with Gasteiger partial charge >= 0.3 is 5.97 Å². The van der Waals surface area contributed by atoms with E-state index in [-0.39, 0.29) is 18.5 Å². The van der Waals surface area contributed by atoms with Gasteiger partial charge in [-0.2, -0.15) is 0 Å². The smallest absolute Gasteiger partial charge is 0.305 e. The summed E-state index contributed by atoms with van der Waals surface area (Å²) in [6.07, 6.45) is 73.2. The van der Waals surface area contributed by atoms with E-state index >= 15 is 0 Å². The average Bonchev–Trinajstić information content (AvgIpc) is 3.36. The molecule has 0 aliphatic heterocycles. The SMILES string of the molecule is CCCC/C=C\C/C=C\CCCCCCCC(=O)OCCCCCCCCCCCCCCCCCCCC(=O)NC(CO)C(O)CCCCCCCCCCCCCCCCCCCCCCCC. The van der Waals surface area contributed by atoms with E-state index in [1.165, 1.54) is 263 Å². The van der Waals surface area contributed by atoms with Gasteiger partial charge in [-0.15, -0.1) is 0 Å². The van der Waals surface area contributed by atoms with Crippen LogP contribution in [0.4, 0.5) is 0 Å². The summed E-state index contributed by atoms with van der Waals surface area (Å²) in [7, 11) is 0. The van der Waals surface area contributed by atoms with Gasteiger partial charge in [-0.25, -0.2) is 0 Å². The Hall–Kier alpha value is -1.66. The zero-order valence-electron chi connectivity index (χ0n) is 47.3. The number of aliphatic hydroxyl groups is 2. The second-order valence-corrected chi connectivity index (χ2v) is 21.7. The number of aliphatic hydroxyl groups excluding tert-OH is 2. The first-order valence-corrected chi connectivity index (χ1v) is 31.6. The first kappa shape index (κ1) is 68.3. The Labute approximate surface area is 437 Å². The molecule has 0 aliphatic carbocycles. The van der Waals surface area contributed by atoms with Crippen molar-refractivity contribution in [2.75, 3.05) is 13.2 Å². The minimum atomic E-state index is -0.669. The lowest BCUT2D eigenvalue weighted by molar-refractivity contribution is -0.143. The van der Waals surface area contributed by atoms with Crippen LogP contribution in [0, 0.1) is 0 Å². The van der Waals surface area contributed by atoms with E-state index in [0.717, 1.165) is 51.4 Å². The van der Waals surface area contributed by atoms with E-state index in [1.807, 2.05) is 0 Å². The molecule has 2 unspecified atom stereocenters. The molecule has 6 nitrogen and oxygen atoms in total. The van der Waals surface area contributed by atoms with E-state index in [0.29, 0.717) is 25.9 Å². The van der Waals surface area contributed by atoms with Gasteiger partial charge in [0.1, 0.15) is 0 Å². The molecule has 0 aromatic heterocycles. The van der Waals surface area contributed by atoms with Gasteiger partial charge in [0.05, 0.1) is 25.4 Å². The number of carbonyl (C=O) groups excluding carboxylic acids is 2. The standard InChI is InChI=1S/C64H123NO5/c1-3-5-7-9-11-13-15-17-19-20-21-22-23-24-26-29-32-36-40-44-48-52-56-62(67)61(60-66)65-63(68)57-53-49-45-41-37-33-30-27-25-28-31-35-39-43-47-51-55-59-70-64(69)58-54-50-46-42-38-34-18-16-14-12-10-8-6-4-2/h10,12,16,18,61-62,66-67H,3-9,11,13-15,17,19-60H2,1-2H3,(H,65,68)/b12-10-,18-16-. The molecule has 0 bridgehead atoms. The van der Waals surface area contributed by atoms with Gasteiger partial charge in [0, 0.05) is 12.8 Å². The molecule has 0 heterocycles. The maximum Gasteiger partial charge on any atom is 0.305 e. The Morgan fingerprint density at radius 3 is 1.13 bits per heavy atom. The third kappa shape index (κ3) is 55.7. The van der Waals surface area contributed by atoms with Gasteiger partial charge in [-0.3, -0.25) is 9.59 Å². The molecule has 70 heavy (non-hydrogen) atoms. The van der Waals surface area contributed by atoms with Crippen molar-refractivity contribution in [1.29, 1.82) is 0 Å². The highest BCUT2D eigenvalue weighted by Crippen LogP contribution is 2.18. The fraction of sp³-hybridized carbons (Fsp3) is 0.906. The second kappa shape index (κ2) is 59.9. The number of allylic oxidation sites excluding steroid dienone is 4. The van der Waals surface area contributed by atoms with Crippen LogP contribution >= 0.6 is 0 Å². The van der Waals surface area contributed by atoms with Crippen molar-refractivity contribution in [2.24, 2.45) is 0 Å². The summed E-state index contributed by atoms with van der Waals surface area (Å²) in [5.41, 5.74) is 0. The lowest BCUT2D eigenvalue weighted by Gasteiger charge is -2.22. The molecule has 0 rings (SSSR count). The summed E-state index contributed by atoms with van der Waals surface area (Å²) in [5, 5.41) is 23.4. The molecule has 3 N–H and O–H groups in total. The lowest BCUT2D eigenvalue weighted by Crippen LogP contribution is -2.45. The fourth-order valence-corrected chi connectivity index (χ4v) is 9.89. The van der Waals surface area contributed by atoms with Crippen molar-refractivity contribution in [3.63, 3.8) is 0 Å². The molecule has 0 aromatic carbocycles. The van der Waals surface area contributed by atoms with Gasteiger partial charge in [-0.05, 0) is 51.4 Å². The van der Waals surface area contributed by atoms with E-state index in [2.05, 4.69) is 43.5 Å². The van der Waals surface area contributed by atoms with Gasteiger partial charge in [-0.1, -0.05) is 308 Å². The first-order chi connectivity index (χ1) is 34.5. The minimum Gasteiger partial charge on any atom is -0.466 e. The van der Waals surface area contributed by atoms with Crippen molar-refractivity contribution in [1.82, 2.24) is 5.32 Å². The van der Waals surface area contributed by atoms with Gasteiger partial charge < -0.3 is 20.3 Å². The summed E-state index contributed by atoms with van der Waals surface area (Å²) in [4.78, 5) is 24.6. The third-order valence-corrected chi connectivity index (χ3v) is 14.8. The van der Waals surface area contributed by atoms with Crippen molar-refractivity contribution in [2.45, 2.75) is 360 Å². The van der Waals surface area contributed by atoms with Crippen LogP contribution in [0.1, 0.15) is 348 Å². The molecule has 414 valence electrons. The van der Waals surface area contributed by atoms with Gasteiger partial charge in [0.15, 0.2) is 0 Å². The maximum atomic E-state index is 12.5. The van der Waals surface area contributed by atoms with Gasteiger partial charge in [0.2, 0.25) is 5.91 Å². The summed E-state index contributed by atoms with van der Waals surface area (Å²) in [5.74, 6) is -0.0455. The Kier molecular flexibility index (Phi) is 58.5. The highest BCUT2D eigenvalue weighted by atomic mass is 16.5. The predicted molar refractivity (Wildman–Crippen MR) is 306 cm³/mol. The molecule has 0 saturated heterocycles. The molecule has 0 spiro atoms. The van der Waals surface area contributed by atoms with Crippen LogP contribution in [0.2, 0.25) is 0 Å². The molecule has 6 heteroatoms. The molecular weight excluding hydrogens is 863 g/mol. The third-order valence-electron chi connectivity index (χ3n) is 14.8. The first-order valence-electron chi connectivity index (χ1n) is 31.6. The number of rotatable bonds is 59. The van der Waals surface area contributed by atoms with Crippen molar-refractivity contribution < 1.29 is 24.5 Å². The number of hydrogen-bond acceptors (Lipinski definition) is 5. The molecule has 1 amide bonds. The Morgan fingerprint density at radius 2 is 0.729 bits per heavy atom.